The minimum Gasteiger partial charge on any atom is -0.340 e. The summed E-state index contributed by atoms with van der Waals surface area (Å²) in [5.74, 6) is 0.124. The molecule has 1 saturated heterocycles. The SMILES string of the molecule is CC(=O)N1CCN(Cc2cc(-c3ccccc3)cn3c(=O)n(C)nc23)CC1. The third-order valence-electron chi connectivity index (χ3n) is 5.16. The summed E-state index contributed by atoms with van der Waals surface area (Å²) < 4.78 is 3.00. The van der Waals surface area contributed by atoms with Crippen LogP contribution in [-0.2, 0) is 18.4 Å². The van der Waals surface area contributed by atoms with E-state index in [1.807, 2.05) is 41.4 Å². The van der Waals surface area contributed by atoms with Crippen molar-refractivity contribution >= 4 is 11.6 Å². The van der Waals surface area contributed by atoms with Crippen molar-refractivity contribution < 1.29 is 4.79 Å². The topological polar surface area (TPSA) is 62.9 Å². The Labute approximate surface area is 157 Å². The molecule has 0 N–H and O–H groups in total. The minimum atomic E-state index is -0.148. The quantitative estimate of drug-likeness (QED) is 0.703. The molecule has 0 saturated carbocycles. The van der Waals surface area contributed by atoms with E-state index in [1.54, 1.807) is 18.4 Å². The maximum absolute atomic E-state index is 12.5. The van der Waals surface area contributed by atoms with Crippen LogP contribution in [0.1, 0.15) is 12.5 Å². The summed E-state index contributed by atoms with van der Waals surface area (Å²) in [5, 5.41) is 4.43. The molecule has 1 fully saturated rings. The number of carbonyl (C=O) groups is 1. The van der Waals surface area contributed by atoms with E-state index in [1.165, 1.54) is 4.68 Å². The van der Waals surface area contributed by atoms with Crippen LogP contribution in [-0.4, -0.2) is 56.1 Å². The van der Waals surface area contributed by atoms with Gasteiger partial charge in [-0.1, -0.05) is 30.3 Å². The van der Waals surface area contributed by atoms with Gasteiger partial charge in [-0.05, 0) is 17.2 Å². The third kappa shape index (κ3) is 3.38. The lowest BCUT2D eigenvalue weighted by Crippen LogP contribution is -2.47. The molecule has 2 aromatic heterocycles. The summed E-state index contributed by atoms with van der Waals surface area (Å²) in [5.41, 5.74) is 3.63. The zero-order valence-corrected chi connectivity index (χ0v) is 15.6. The number of aryl methyl sites for hydroxylation is 1. The number of amides is 1. The van der Waals surface area contributed by atoms with E-state index >= 15 is 0 Å². The summed E-state index contributed by atoms with van der Waals surface area (Å²) >= 11 is 0. The van der Waals surface area contributed by atoms with Gasteiger partial charge in [0.2, 0.25) is 5.91 Å². The van der Waals surface area contributed by atoms with Crippen molar-refractivity contribution in [3.63, 3.8) is 0 Å². The Bertz CT molecular complexity index is 1030. The molecule has 7 nitrogen and oxygen atoms in total. The van der Waals surface area contributed by atoms with Gasteiger partial charge in [0.25, 0.3) is 0 Å². The number of pyridine rings is 1. The average molecular weight is 365 g/mol. The number of aromatic nitrogens is 3. The van der Waals surface area contributed by atoms with Gasteiger partial charge in [0, 0.05) is 58.5 Å². The molecule has 3 heterocycles. The highest BCUT2D eigenvalue weighted by molar-refractivity contribution is 5.73. The highest BCUT2D eigenvalue weighted by atomic mass is 16.2. The van der Waals surface area contributed by atoms with Crippen LogP contribution in [0, 0.1) is 0 Å². The summed E-state index contributed by atoms with van der Waals surface area (Å²) in [7, 11) is 1.67. The van der Waals surface area contributed by atoms with Crippen LogP contribution in [0.3, 0.4) is 0 Å². The molecule has 0 atom stereocenters. The van der Waals surface area contributed by atoms with E-state index in [9.17, 15) is 9.59 Å². The molecule has 1 aliphatic heterocycles. The van der Waals surface area contributed by atoms with Crippen molar-refractivity contribution in [3.05, 3.63) is 58.6 Å². The normalized spacial score (nSPS) is 15.4. The largest absolute Gasteiger partial charge is 0.350 e. The highest BCUT2D eigenvalue weighted by Gasteiger charge is 2.20. The first-order valence-corrected chi connectivity index (χ1v) is 9.14. The predicted molar refractivity (Wildman–Crippen MR) is 103 cm³/mol. The first kappa shape index (κ1) is 17.5. The third-order valence-corrected chi connectivity index (χ3v) is 5.16. The fourth-order valence-corrected chi connectivity index (χ4v) is 3.61. The summed E-state index contributed by atoms with van der Waals surface area (Å²) in [4.78, 5) is 28.2. The lowest BCUT2D eigenvalue weighted by molar-refractivity contribution is -0.130. The van der Waals surface area contributed by atoms with Crippen LogP contribution in [0.5, 0.6) is 0 Å². The summed E-state index contributed by atoms with van der Waals surface area (Å²) in [6.45, 7) is 5.42. The monoisotopic (exact) mass is 365 g/mol. The molecule has 0 radical (unpaired) electrons. The molecule has 0 bridgehead atoms. The molecule has 0 spiro atoms. The maximum Gasteiger partial charge on any atom is 0.350 e. The lowest BCUT2D eigenvalue weighted by atomic mass is 10.1. The van der Waals surface area contributed by atoms with Gasteiger partial charge < -0.3 is 4.90 Å². The first-order valence-electron chi connectivity index (χ1n) is 9.14. The molecule has 0 unspecified atom stereocenters. The Kier molecular flexibility index (Phi) is 4.53. The van der Waals surface area contributed by atoms with Crippen LogP contribution >= 0.6 is 0 Å². The number of fused-ring (bicyclic) bond motifs is 1. The van der Waals surface area contributed by atoms with Crippen molar-refractivity contribution in [2.24, 2.45) is 7.05 Å². The molecule has 1 aliphatic rings. The van der Waals surface area contributed by atoms with Gasteiger partial charge in [0.05, 0.1) is 0 Å². The van der Waals surface area contributed by atoms with Crippen LogP contribution in [0.25, 0.3) is 16.8 Å². The smallest absolute Gasteiger partial charge is 0.340 e. The van der Waals surface area contributed by atoms with Gasteiger partial charge in [0.1, 0.15) is 0 Å². The first-order chi connectivity index (χ1) is 13.0. The van der Waals surface area contributed by atoms with Gasteiger partial charge in [0.15, 0.2) is 5.65 Å². The van der Waals surface area contributed by atoms with E-state index in [0.29, 0.717) is 12.2 Å². The maximum atomic E-state index is 12.5. The fourth-order valence-electron chi connectivity index (χ4n) is 3.61. The van der Waals surface area contributed by atoms with Crippen molar-refractivity contribution in [1.82, 2.24) is 24.0 Å². The number of benzene rings is 1. The Hall–Kier alpha value is -2.93. The standard InChI is InChI=1S/C20H23N5O2/c1-15(26)24-10-8-23(9-11-24)13-18-12-17(16-6-4-3-5-7-16)14-25-19(18)21-22(2)20(25)27/h3-7,12,14H,8-11,13H2,1-2H3. The number of rotatable bonds is 3. The van der Waals surface area contributed by atoms with Gasteiger partial charge >= 0.3 is 5.69 Å². The molecule has 27 heavy (non-hydrogen) atoms. The molecule has 4 rings (SSSR count). The Morgan fingerprint density at radius 2 is 1.78 bits per heavy atom. The highest BCUT2D eigenvalue weighted by Crippen LogP contribution is 2.23. The molecule has 0 aliphatic carbocycles. The lowest BCUT2D eigenvalue weighted by Gasteiger charge is -2.34. The van der Waals surface area contributed by atoms with Crippen molar-refractivity contribution in [3.8, 4) is 11.1 Å². The van der Waals surface area contributed by atoms with Gasteiger partial charge in [-0.25, -0.2) is 13.9 Å². The Balaban J connectivity index is 1.70. The van der Waals surface area contributed by atoms with Gasteiger partial charge in [-0.3, -0.25) is 9.69 Å². The number of hydrogen-bond donors (Lipinski definition) is 0. The second-order valence-corrected chi connectivity index (χ2v) is 7.00. The molecule has 1 amide bonds. The van der Waals surface area contributed by atoms with Crippen LogP contribution in [0.4, 0.5) is 0 Å². The molecule has 7 heteroatoms. The van der Waals surface area contributed by atoms with Crippen LogP contribution < -0.4 is 5.69 Å². The van der Waals surface area contributed by atoms with Crippen LogP contribution in [0.2, 0.25) is 0 Å². The molecular formula is C20H23N5O2. The predicted octanol–water partition coefficient (Wildman–Crippen LogP) is 1.36. The number of hydrogen-bond acceptors (Lipinski definition) is 4. The van der Waals surface area contributed by atoms with Crippen molar-refractivity contribution in [1.29, 1.82) is 0 Å². The van der Waals surface area contributed by atoms with Crippen LogP contribution in [0.15, 0.2) is 47.4 Å². The average Bonchev–Trinajstić information content (AvgIpc) is 2.97. The minimum absolute atomic E-state index is 0.124. The number of carbonyl (C=O) groups excluding carboxylic acids is 1. The molecule has 3 aromatic rings. The second-order valence-electron chi connectivity index (χ2n) is 7.00. The Morgan fingerprint density at radius 3 is 2.44 bits per heavy atom. The van der Waals surface area contributed by atoms with E-state index in [-0.39, 0.29) is 11.6 Å². The van der Waals surface area contributed by atoms with Gasteiger partial charge in [-0.2, -0.15) is 0 Å². The zero-order chi connectivity index (χ0) is 19.0. The number of piperazine rings is 1. The van der Waals surface area contributed by atoms with E-state index in [2.05, 4.69) is 16.1 Å². The Morgan fingerprint density at radius 1 is 1.07 bits per heavy atom. The van der Waals surface area contributed by atoms with Gasteiger partial charge in [-0.15, -0.1) is 5.10 Å². The van der Waals surface area contributed by atoms with E-state index in [4.69, 9.17) is 0 Å². The van der Waals surface area contributed by atoms with Crippen molar-refractivity contribution in [2.45, 2.75) is 13.5 Å². The van der Waals surface area contributed by atoms with Crippen molar-refractivity contribution in [2.75, 3.05) is 26.2 Å². The molecule has 1 aromatic carbocycles. The summed E-state index contributed by atoms with van der Waals surface area (Å²) in [6, 6.07) is 12.2. The fraction of sp³-hybridized carbons (Fsp3) is 0.350. The van der Waals surface area contributed by atoms with E-state index < -0.39 is 0 Å². The van der Waals surface area contributed by atoms with E-state index in [0.717, 1.165) is 42.9 Å². The zero-order valence-electron chi connectivity index (χ0n) is 15.6. The number of nitrogens with zero attached hydrogens (tertiary/aromatic N) is 5. The summed E-state index contributed by atoms with van der Waals surface area (Å²) in [6.07, 6.45) is 1.86. The molecular weight excluding hydrogens is 342 g/mol. The second kappa shape index (κ2) is 7.00. The molecule has 140 valence electrons.